The number of halogens is 1. The Bertz CT molecular complexity index is 718. The van der Waals surface area contributed by atoms with Gasteiger partial charge in [0, 0.05) is 32.2 Å². The minimum Gasteiger partial charge on any atom is -0.492 e. The van der Waals surface area contributed by atoms with Crippen LogP contribution in [0.2, 0.25) is 5.02 Å². The van der Waals surface area contributed by atoms with Crippen molar-refractivity contribution in [2.75, 3.05) is 39.4 Å². The van der Waals surface area contributed by atoms with Gasteiger partial charge in [-0.15, -0.1) is 0 Å². The van der Waals surface area contributed by atoms with Gasteiger partial charge in [0.2, 0.25) is 10.0 Å². The molecule has 1 saturated heterocycles. The largest absolute Gasteiger partial charge is 0.492 e. The Balaban J connectivity index is 2.08. The number of nitrogens with zero attached hydrogens (tertiary/aromatic N) is 2. The third-order valence-corrected chi connectivity index (χ3v) is 6.27. The topological polar surface area (TPSA) is 76.2 Å². The van der Waals surface area contributed by atoms with Crippen LogP contribution in [0.4, 0.5) is 4.79 Å². The van der Waals surface area contributed by atoms with Crippen molar-refractivity contribution in [2.45, 2.75) is 31.6 Å². The summed E-state index contributed by atoms with van der Waals surface area (Å²) >= 11 is 6.10. The number of ether oxygens (including phenoxy) is 2. The van der Waals surface area contributed by atoms with Crippen LogP contribution >= 0.6 is 11.6 Å². The van der Waals surface area contributed by atoms with Crippen molar-refractivity contribution in [1.82, 2.24) is 9.21 Å². The average molecular weight is 405 g/mol. The maximum atomic E-state index is 12.9. The number of rotatable bonds is 7. The zero-order valence-corrected chi connectivity index (χ0v) is 16.7. The number of benzene rings is 1. The number of piperazine rings is 1. The first-order valence-corrected chi connectivity index (χ1v) is 10.6. The second-order valence-corrected chi connectivity index (χ2v) is 8.23. The van der Waals surface area contributed by atoms with Crippen molar-refractivity contribution in [3.8, 4) is 5.75 Å². The van der Waals surface area contributed by atoms with Crippen molar-refractivity contribution in [1.29, 1.82) is 0 Å². The molecule has 0 N–H and O–H groups in total. The maximum Gasteiger partial charge on any atom is 0.409 e. The second kappa shape index (κ2) is 9.43. The minimum atomic E-state index is -3.68. The second-order valence-electron chi connectivity index (χ2n) is 5.88. The maximum absolute atomic E-state index is 12.9. The van der Waals surface area contributed by atoms with Gasteiger partial charge in [-0.3, -0.25) is 0 Å². The van der Waals surface area contributed by atoms with Crippen LogP contribution in [0.25, 0.3) is 0 Å². The summed E-state index contributed by atoms with van der Waals surface area (Å²) in [6.45, 7) is 5.59. The summed E-state index contributed by atoms with van der Waals surface area (Å²) in [5.41, 5.74) is 0. The van der Waals surface area contributed by atoms with Gasteiger partial charge in [-0.05, 0) is 25.5 Å². The Morgan fingerprint density at radius 2 is 1.88 bits per heavy atom. The van der Waals surface area contributed by atoms with Crippen LogP contribution in [0.1, 0.15) is 26.7 Å². The van der Waals surface area contributed by atoms with Gasteiger partial charge in [0.05, 0.1) is 23.1 Å². The quantitative estimate of drug-likeness (QED) is 0.653. The molecule has 1 heterocycles. The highest BCUT2D eigenvalue weighted by atomic mass is 35.5. The molecular formula is C17H25ClN2O5S. The Morgan fingerprint density at radius 3 is 2.50 bits per heavy atom. The molecule has 1 fully saturated rings. The number of hydrogen-bond acceptors (Lipinski definition) is 5. The summed E-state index contributed by atoms with van der Waals surface area (Å²) in [5, 5.41) is 0.382. The first-order valence-electron chi connectivity index (χ1n) is 8.74. The van der Waals surface area contributed by atoms with E-state index < -0.39 is 16.1 Å². The molecule has 1 aliphatic rings. The van der Waals surface area contributed by atoms with Gasteiger partial charge in [0.15, 0.2) is 0 Å². The molecule has 1 amide bonds. The smallest absolute Gasteiger partial charge is 0.409 e. The third-order valence-electron chi connectivity index (χ3n) is 4.06. The Labute approximate surface area is 159 Å². The molecule has 1 aliphatic heterocycles. The molecule has 26 heavy (non-hydrogen) atoms. The van der Waals surface area contributed by atoms with Crippen LogP contribution in [0.15, 0.2) is 23.1 Å². The standard InChI is InChI=1S/C17H25ClN2O5S/c1-3-5-12-25-16-13-14(6-7-15(16)18)26(22,23)20-10-8-19(9-11-20)17(21)24-4-2/h6-7,13H,3-5,8-12H2,1-2H3. The van der Waals surface area contributed by atoms with Gasteiger partial charge in [0.1, 0.15) is 5.75 Å². The number of amides is 1. The van der Waals surface area contributed by atoms with E-state index in [1.165, 1.54) is 27.4 Å². The fraction of sp³-hybridized carbons (Fsp3) is 0.588. The highest BCUT2D eigenvalue weighted by Gasteiger charge is 2.31. The van der Waals surface area contributed by atoms with Crippen LogP contribution in [0.3, 0.4) is 0 Å². The molecular weight excluding hydrogens is 380 g/mol. The lowest BCUT2D eigenvalue weighted by Crippen LogP contribution is -2.50. The lowest BCUT2D eigenvalue weighted by Gasteiger charge is -2.33. The first kappa shape index (κ1) is 20.8. The monoisotopic (exact) mass is 404 g/mol. The third kappa shape index (κ3) is 5.02. The van der Waals surface area contributed by atoms with Gasteiger partial charge in [0.25, 0.3) is 0 Å². The highest BCUT2D eigenvalue weighted by molar-refractivity contribution is 7.89. The lowest BCUT2D eigenvalue weighted by atomic mass is 10.3. The van der Waals surface area contributed by atoms with E-state index in [2.05, 4.69) is 0 Å². The average Bonchev–Trinajstić information content (AvgIpc) is 2.63. The van der Waals surface area contributed by atoms with Gasteiger partial charge < -0.3 is 14.4 Å². The summed E-state index contributed by atoms with van der Waals surface area (Å²) in [6.07, 6.45) is 1.42. The van der Waals surface area contributed by atoms with Crippen LogP contribution in [-0.4, -0.2) is 63.1 Å². The molecule has 0 atom stereocenters. The van der Waals surface area contributed by atoms with Crippen LogP contribution in [0.5, 0.6) is 5.75 Å². The van der Waals surface area contributed by atoms with Gasteiger partial charge in [-0.25, -0.2) is 13.2 Å². The molecule has 0 bridgehead atoms. The summed E-state index contributed by atoms with van der Waals surface area (Å²) < 4.78 is 37.7. The summed E-state index contributed by atoms with van der Waals surface area (Å²) in [4.78, 5) is 13.4. The first-order chi connectivity index (χ1) is 12.4. The molecule has 7 nitrogen and oxygen atoms in total. The van der Waals surface area contributed by atoms with E-state index in [9.17, 15) is 13.2 Å². The van der Waals surface area contributed by atoms with E-state index in [0.29, 0.717) is 37.1 Å². The van der Waals surface area contributed by atoms with E-state index in [1.807, 2.05) is 6.92 Å². The molecule has 0 unspecified atom stereocenters. The molecule has 0 saturated carbocycles. The molecule has 9 heteroatoms. The fourth-order valence-corrected chi connectivity index (χ4v) is 4.17. The van der Waals surface area contributed by atoms with Crippen molar-refractivity contribution in [3.05, 3.63) is 23.2 Å². The molecule has 1 aromatic carbocycles. The Kier molecular flexibility index (Phi) is 7.55. The number of unbranched alkanes of at least 4 members (excludes halogenated alkanes) is 1. The van der Waals surface area contributed by atoms with Crippen molar-refractivity contribution in [3.63, 3.8) is 0 Å². The number of sulfonamides is 1. The lowest BCUT2D eigenvalue weighted by molar-refractivity contribution is 0.0934. The van der Waals surface area contributed by atoms with E-state index in [-0.39, 0.29) is 18.0 Å². The van der Waals surface area contributed by atoms with E-state index in [4.69, 9.17) is 21.1 Å². The van der Waals surface area contributed by atoms with Crippen molar-refractivity contribution >= 4 is 27.7 Å². The van der Waals surface area contributed by atoms with Crippen LogP contribution in [-0.2, 0) is 14.8 Å². The van der Waals surface area contributed by atoms with Crippen LogP contribution in [0, 0.1) is 0 Å². The van der Waals surface area contributed by atoms with Gasteiger partial charge in [-0.2, -0.15) is 4.31 Å². The predicted molar refractivity (Wildman–Crippen MR) is 99.2 cm³/mol. The molecule has 0 spiro atoms. The van der Waals surface area contributed by atoms with Crippen molar-refractivity contribution in [2.24, 2.45) is 0 Å². The normalized spacial score (nSPS) is 15.7. The molecule has 146 valence electrons. The zero-order chi connectivity index (χ0) is 19.2. The minimum absolute atomic E-state index is 0.137. The van der Waals surface area contributed by atoms with Crippen molar-refractivity contribution < 1.29 is 22.7 Å². The SMILES string of the molecule is CCCCOc1cc(S(=O)(=O)N2CCN(C(=O)OCC)CC2)ccc1Cl. The number of carbonyl (C=O) groups is 1. The molecule has 1 aromatic rings. The summed E-state index contributed by atoms with van der Waals surface area (Å²) in [6, 6.07) is 4.47. The van der Waals surface area contributed by atoms with E-state index in [1.54, 1.807) is 6.92 Å². The van der Waals surface area contributed by atoms with Gasteiger partial charge in [-0.1, -0.05) is 24.9 Å². The summed E-state index contributed by atoms with van der Waals surface area (Å²) in [7, 11) is -3.68. The van der Waals surface area contributed by atoms with Gasteiger partial charge >= 0.3 is 6.09 Å². The highest BCUT2D eigenvalue weighted by Crippen LogP contribution is 2.29. The molecule has 0 aliphatic carbocycles. The molecule has 0 radical (unpaired) electrons. The molecule has 0 aromatic heterocycles. The Morgan fingerprint density at radius 1 is 1.19 bits per heavy atom. The Hall–Kier alpha value is -1.51. The number of carbonyl (C=O) groups excluding carboxylic acids is 1. The molecule has 2 rings (SSSR count). The van der Waals surface area contributed by atoms with E-state index >= 15 is 0 Å². The zero-order valence-electron chi connectivity index (χ0n) is 15.1. The van der Waals surface area contributed by atoms with E-state index in [0.717, 1.165) is 12.8 Å². The number of hydrogen-bond donors (Lipinski definition) is 0. The summed E-state index contributed by atoms with van der Waals surface area (Å²) in [5.74, 6) is 0.367. The fourth-order valence-electron chi connectivity index (χ4n) is 2.56. The van der Waals surface area contributed by atoms with Crippen LogP contribution < -0.4 is 4.74 Å². The predicted octanol–water partition coefficient (Wildman–Crippen LogP) is 2.98.